The lowest BCUT2D eigenvalue weighted by molar-refractivity contribution is -0.142. The number of rotatable bonds is 4. The van der Waals surface area contributed by atoms with Crippen molar-refractivity contribution in [2.24, 2.45) is 5.92 Å². The Balaban J connectivity index is 2.05. The summed E-state index contributed by atoms with van der Waals surface area (Å²) in [7, 11) is 0. The first-order valence-electron chi connectivity index (χ1n) is 7.63. The molecule has 0 aromatic carbocycles. The maximum atomic E-state index is 11.2. The Kier molecular flexibility index (Phi) is 4.66. The summed E-state index contributed by atoms with van der Waals surface area (Å²) in [5.74, 6) is 0.215. The molecule has 1 heterocycles. The molecule has 1 saturated carbocycles. The highest BCUT2D eigenvalue weighted by atomic mass is 16.4. The zero-order valence-electron chi connectivity index (χ0n) is 11.7. The average Bonchev–Trinajstić information content (AvgIpc) is 2.40. The van der Waals surface area contributed by atoms with Crippen molar-refractivity contribution in [2.75, 3.05) is 13.1 Å². The molecule has 1 aliphatic carbocycles. The highest BCUT2D eigenvalue weighted by Crippen LogP contribution is 2.41. The number of likely N-dealkylation sites (tertiary alicyclic amines) is 1. The van der Waals surface area contributed by atoms with Crippen LogP contribution in [0.2, 0.25) is 0 Å². The fourth-order valence-electron chi connectivity index (χ4n) is 3.88. The number of nitrogens with zero attached hydrogens (tertiary/aromatic N) is 1. The van der Waals surface area contributed by atoms with Crippen LogP contribution in [0.25, 0.3) is 0 Å². The Morgan fingerprint density at radius 3 is 2.33 bits per heavy atom. The van der Waals surface area contributed by atoms with Crippen LogP contribution in [-0.2, 0) is 4.79 Å². The largest absolute Gasteiger partial charge is 0.481 e. The smallest absolute Gasteiger partial charge is 0.305 e. The van der Waals surface area contributed by atoms with Crippen LogP contribution in [0, 0.1) is 5.92 Å². The molecule has 1 N–H and O–H groups in total. The SMILES string of the molecule is CCC1CCC(CC(=O)O)(N2CCCCC2)CC1. The molecule has 1 saturated heterocycles. The van der Waals surface area contributed by atoms with E-state index in [-0.39, 0.29) is 5.54 Å². The van der Waals surface area contributed by atoms with E-state index in [0.717, 1.165) is 31.8 Å². The van der Waals surface area contributed by atoms with Gasteiger partial charge >= 0.3 is 5.97 Å². The summed E-state index contributed by atoms with van der Waals surface area (Å²) in [6.45, 7) is 4.49. The van der Waals surface area contributed by atoms with Gasteiger partial charge in [-0.3, -0.25) is 9.69 Å². The van der Waals surface area contributed by atoms with Crippen molar-refractivity contribution < 1.29 is 9.90 Å². The van der Waals surface area contributed by atoms with Crippen molar-refractivity contribution in [1.29, 1.82) is 0 Å². The number of carbonyl (C=O) groups is 1. The summed E-state index contributed by atoms with van der Waals surface area (Å²) in [6, 6.07) is 0. The predicted octanol–water partition coefficient (Wildman–Crippen LogP) is 3.29. The van der Waals surface area contributed by atoms with Gasteiger partial charge in [-0.15, -0.1) is 0 Å². The molecule has 0 bridgehead atoms. The second kappa shape index (κ2) is 6.05. The second-order valence-electron chi connectivity index (χ2n) is 6.19. The van der Waals surface area contributed by atoms with Gasteiger partial charge in [0.2, 0.25) is 0 Å². The topological polar surface area (TPSA) is 40.5 Å². The van der Waals surface area contributed by atoms with Crippen molar-refractivity contribution >= 4 is 5.97 Å². The summed E-state index contributed by atoms with van der Waals surface area (Å²) in [6.07, 6.45) is 10.1. The quantitative estimate of drug-likeness (QED) is 0.836. The lowest BCUT2D eigenvalue weighted by atomic mass is 9.72. The van der Waals surface area contributed by atoms with Crippen LogP contribution in [-0.4, -0.2) is 34.6 Å². The third kappa shape index (κ3) is 3.05. The van der Waals surface area contributed by atoms with Gasteiger partial charge < -0.3 is 5.11 Å². The molecule has 2 rings (SSSR count). The van der Waals surface area contributed by atoms with E-state index in [4.69, 9.17) is 0 Å². The van der Waals surface area contributed by atoms with Gasteiger partial charge in [0.1, 0.15) is 0 Å². The second-order valence-corrected chi connectivity index (χ2v) is 6.19. The van der Waals surface area contributed by atoms with Crippen LogP contribution in [0.1, 0.15) is 64.7 Å². The van der Waals surface area contributed by atoms with Gasteiger partial charge in [0.15, 0.2) is 0 Å². The predicted molar refractivity (Wildman–Crippen MR) is 72.7 cm³/mol. The van der Waals surface area contributed by atoms with Crippen molar-refractivity contribution in [3.8, 4) is 0 Å². The normalized spacial score (nSPS) is 34.4. The van der Waals surface area contributed by atoms with Gasteiger partial charge in [0.25, 0.3) is 0 Å². The third-order valence-corrected chi connectivity index (χ3v) is 5.12. The minimum atomic E-state index is -0.615. The van der Waals surface area contributed by atoms with Crippen LogP contribution in [0.15, 0.2) is 0 Å². The number of hydrogen-bond acceptors (Lipinski definition) is 2. The molecule has 0 aromatic heterocycles. The van der Waals surface area contributed by atoms with Gasteiger partial charge in [0, 0.05) is 5.54 Å². The first-order valence-corrected chi connectivity index (χ1v) is 7.63. The van der Waals surface area contributed by atoms with Crippen molar-refractivity contribution in [3.63, 3.8) is 0 Å². The Morgan fingerprint density at radius 1 is 1.22 bits per heavy atom. The first-order chi connectivity index (χ1) is 8.66. The highest BCUT2D eigenvalue weighted by Gasteiger charge is 2.41. The van der Waals surface area contributed by atoms with Gasteiger partial charge in [-0.25, -0.2) is 0 Å². The maximum Gasteiger partial charge on any atom is 0.305 e. The molecule has 0 spiro atoms. The highest BCUT2D eigenvalue weighted by molar-refractivity contribution is 5.68. The zero-order chi connectivity index (χ0) is 13.0. The Bertz CT molecular complexity index is 276. The summed E-state index contributed by atoms with van der Waals surface area (Å²) in [5.41, 5.74) is -0.0159. The van der Waals surface area contributed by atoms with Crippen LogP contribution in [0.4, 0.5) is 0 Å². The van der Waals surface area contributed by atoms with Crippen LogP contribution in [0.3, 0.4) is 0 Å². The van der Waals surface area contributed by atoms with Gasteiger partial charge in [-0.1, -0.05) is 19.8 Å². The molecule has 1 aliphatic heterocycles. The molecular weight excluding hydrogens is 226 g/mol. The summed E-state index contributed by atoms with van der Waals surface area (Å²) < 4.78 is 0. The van der Waals surface area contributed by atoms with E-state index in [2.05, 4.69) is 11.8 Å². The molecule has 0 radical (unpaired) electrons. The molecule has 0 aromatic rings. The molecule has 2 fully saturated rings. The molecule has 3 heteroatoms. The van der Waals surface area contributed by atoms with E-state index in [1.54, 1.807) is 0 Å². The molecular formula is C15H27NO2. The number of piperidine rings is 1. The van der Waals surface area contributed by atoms with Crippen molar-refractivity contribution in [2.45, 2.75) is 70.3 Å². The van der Waals surface area contributed by atoms with Gasteiger partial charge in [-0.2, -0.15) is 0 Å². The summed E-state index contributed by atoms with van der Waals surface area (Å²) in [4.78, 5) is 13.8. The number of aliphatic carboxylic acids is 1. The van der Waals surface area contributed by atoms with Crippen LogP contribution in [0.5, 0.6) is 0 Å². The minimum absolute atomic E-state index is 0.0159. The minimum Gasteiger partial charge on any atom is -0.481 e. The van der Waals surface area contributed by atoms with E-state index in [1.165, 1.54) is 38.5 Å². The standard InChI is InChI=1S/C15H27NO2/c1-2-13-6-8-15(9-7-13,12-14(17)18)16-10-4-3-5-11-16/h13H,2-12H2,1H3,(H,17,18). The molecule has 0 atom stereocenters. The number of hydrogen-bond donors (Lipinski definition) is 1. The molecule has 3 nitrogen and oxygen atoms in total. The average molecular weight is 253 g/mol. The first kappa shape index (κ1) is 13.9. The van der Waals surface area contributed by atoms with Crippen LogP contribution < -0.4 is 0 Å². The van der Waals surface area contributed by atoms with Crippen LogP contribution >= 0.6 is 0 Å². The number of carboxylic acids is 1. The zero-order valence-corrected chi connectivity index (χ0v) is 11.7. The van der Waals surface area contributed by atoms with E-state index >= 15 is 0 Å². The van der Waals surface area contributed by atoms with Crippen molar-refractivity contribution in [1.82, 2.24) is 4.90 Å². The van der Waals surface area contributed by atoms with Gasteiger partial charge in [0.05, 0.1) is 6.42 Å². The van der Waals surface area contributed by atoms with E-state index in [9.17, 15) is 9.90 Å². The Morgan fingerprint density at radius 2 is 1.83 bits per heavy atom. The van der Waals surface area contributed by atoms with E-state index in [1.807, 2.05) is 0 Å². The maximum absolute atomic E-state index is 11.2. The molecule has 0 amide bonds. The Labute approximate surface area is 111 Å². The Hall–Kier alpha value is -0.570. The lowest BCUT2D eigenvalue weighted by Gasteiger charge is -2.49. The molecule has 18 heavy (non-hydrogen) atoms. The monoisotopic (exact) mass is 253 g/mol. The lowest BCUT2D eigenvalue weighted by Crippen LogP contribution is -2.54. The fourth-order valence-corrected chi connectivity index (χ4v) is 3.88. The van der Waals surface area contributed by atoms with E-state index < -0.39 is 5.97 Å². The molecule has 104 valence electrons. The third-order valence-electron chi connectivity index (χ3n) is 5.12. The van der Waals surface area contributed by atoms with Crippen molar-refractivity contribution in [3.05, 3.63) is 0 Å². The van der Waals surface area contributed by atoms with Gasteiger partial charge in [-0.05, 0) is 57.5 Å². The molecule has 2 aliphatic rings. The summed E-state index contributed by atoms with van der Waals surface area (Å²) >= 11 is 0. The summed E-state index contributed by atoms with van der Waals surface area (Å²) in [5, 5.41) is 9.26. The number of carboxylic acid groups (broad SMARTS) is 1. The van der Waals surface area contributed by atoms with E-state index in [0.29, 0.717) is 6.42 Å². The fraction of sp³-hybridized carbons (Fsp3) is 0.933. The molecule has 0 unspecified atom stereocenters.